The van der Waals surface area contributed by atoms with Crippen molar-refractivity contribution in [2.75, 3.05) is 18.4 Å². The Kier molecular flexibility index (Phi) is 5.11. The van der Waals surface area contributed by atoms with Crippen LogP contribution in [0.1, 0.15) is 21.9 Å². The number of hydrogen-bond acceptors (Lipinski definition) is 8. The first-order valence-corrected chi connectivity index (χ1v) is 8.05. The first-order valence-electron chi connectivity index (χ1n) is 8.05. The van der Waals surface area contributed by atoms with Crippen molar-refractivity contribution in [2.45, 2.75) is 13.8 Å². The first kappa shape index (κ1) is 18.0. The van der Waals surface area contributed by atoms with E-state index in [9.17, 15) is 14.9 Å². The summed E-state index contributed by atoms with van der Waals surface area (Å²) in [6, 6.07) is 4.16. The van der Waals surface area contributed by atoms with Crippen LogP contribution >= 0.6 is 0 Å². The van der Waals surface area contributed by atoms with Crippen LogP contribution in [0, 0.1) is 24.0 Å². The summed E-state index contributed by atoms with van der Waals surface area (Å²) in [6.45, 7) is 4.54. The number of nitrogens with one attached hydrogen (secondary N) is 2. The van der Waals surface area contributed by atoms with E-state index >= 15 is 0 Å². The summed E-state index contributed by atoms with van der Waals surface area (Å²) >= 11 is 0. The molecule has 140 valence electrons. The quantitative estimate of drug-likeness (QED) is 0.362. The van der Waals surface area contributed by atoms with Crippen LogP contribution in [0.25, 0.3) is 5.82 Å². The molecule has 11 nitrogen and oxygen atoms in total. The van der Waals surface area contributed by atoms with Gasteiger partial charge in [0.25, 0.3) is 5.91 Å². The fourth-order valence-corrected chi connectivity index (χ4v) is 2.31. The van der Waals surface area contributed by atoms with Crippen molar-refractivity contribution in [2.24, 2.45) is 0 Å². The second kappa shape index (κ2) is 7.64. The van der Waals surface area contributed by atoms with E-state index in [1.165, 1.54) is 12.4 Å². The maximum atomic E-state index is 11.9. The largest absolute Gasteiger partial charge is 0.433 e. The third-order valence-corrected chi connectivity index (χ3v) is 3.86. The molecule has 0 aliphatic carbocycles. The molecule has 27 heavy (non-hydrogen) atoms. The topological polar surface area (TPSA) is 141 Å². The molecule has 0 saturated heterocycles. The SMILES string of the molecule is Cc1ncn(-c2cc(NCCNC(=O)c3ccc([N+](=O)[O-])o3)ncn2)c1C. The van der Waals surface area contributed by atoms with Crippen LogP contribution < -0.4 is 10.6 Å². The van der Waals surface area contributed by atoms with E-state index in [0.29, 0.717) is 18.2 Å². The minimum Gasteiger partial charge on any atom is -0.395 e. The Balaban J connectivity index is 1.53. The van der Waals surface area contributed by atoms with E-state index in [2.05, 4.69) is 25.6 Å². The number of furan rings is 1. The third-order valence-electron chi connectivity index (χ3n) is 3.86. The lowest BCUT2D eigenvalue weighted by molar-refractivity contribution is -0.402. The fraction of sp³-hybridized carbons (Fsp3) is 0.250. The molecule has 0 radical (unpaired) electrons. The van der Waals surface area contributed by atoms with Gasteiger partial charge in [0.2, 0.25) is 0 Å². The number of aromatic nitrogens is 4. The van der Waals surface area contributed by atoms with Crippen LogP contribution in [-0.4, -0.2) is 43.4 Å². The molecular formula is C16H17N7O4. The molecule has 3 heterocycles. The predicted molar refractivity (Wildman–Crippen MR) is 94.8 cm³/mol. The van der Waals surface area contributed by atoms with Gasteiger partial charge in [-0.3, -0.25) is 19.5 Å². The molecule has 11 heteroatoms. The summed E-state index contributed by atoms with van der Waals surface area (Å²) in [6.07, 6.45) is 3.13. The Morgan fingerprint density at radius 2 is 2.07 bits per heavy atom. The second-order valence-corrected chi connectivity index (χ2v) is 5.62. The van der Waals surface area contributed by atoms with Crippen LogP contribution in [-0.2, 0) is 0 Å². The fourth-order valence-electron chi connectivity index (χ4n) is 2.31. The summed E-state index contributed by atoms with van der Waals surface area (Å²) in [5, 5.41) is 16.2. The number of rotatable bonds is 7. The maximum Gasteiger partial charge on any atom is 0.433 e. The molecule has 3 aromatic heterocycles. The lowest BCUT2D eigenvalue weighted by atomic mass is 10.4. The van der Waals surface area contributed by atoms with Crippen molar-refractivity contribution in [3.05, 3.63) is 58.1 Å². The van der Waals surface area contributed by atoms with Gasteiger partial charge in [-0.1, -0.05) is 0 Å². The number of carbonyl (C=O) groups is 1. The van der Waals surface area contributed by atoms with E-state index < -0.39 is 16.7 Å². The highest BCUT2D eigenvalue weighted by Crippen LogP contribution is 2.15. The number of amides is 1. The lowest BCUT2D eigenvalue weighted by Crippen LogP contribution is -2.28. The molecule has 3 rings (SSSR count). The van der Waals surface area contributed by atoms with Gasteiger partial charge < -0.3 is 15.1 Å². The number of nitrogens with zero attached hydrogens (tertiary/aromatic N) is 5. The molecule has 0 spiro atoms. The minimum absolute atomic E-state index is 0.114. The average molecular weight is 371 g/mol. The van der Waals surface area contributed by atoms with Crippen molar-refractivity contribution in [3.8, 4) is 5.82 Å². The van der Waals surface area contributed by atoms with E-state index in [0.717, 1.165) is 17.5 Å². The summed E-state index contributed by atoms with van der Waals surface area (Å²) in [5.74, 6) is 0.151. The van der Waals surface area contributed by atoms with Crippen molar-refractivity contribution in [1.82, 2.24) is 24.8 Å². The Bertz CT molecular complexity index is 979. The van der Waals surface area contributed by atoms with Gasteiger partial charge in [-0.05, 0) is 19.9 Å². The second-order valence-electron chi connectivity index (χ2n) is 5.62. The molecule has 3 aromatic rings. The number of nitro groups is 1. The third kappa shape index (κ3) is 4.08. The molecule has 0 aliphatic rings. The Morgan fingerprint density at radius 1 is 1.26 bits per heavy atom. The Hall–Kier alpha value is -3.76. The van der Waals surface area contributed by atoms with Crippen LogP contribution in [0.4, 0.5) is 11.7 Å². The highest BCUT2D eigenvalue weighted by Gasteiger charge is 2.16. The van der Waals surface area contributed by atoms with E-state index in [1.807, 2.05) is 18.4 Å². The molecule has 1 amide bonds. The standard InChI is InChI=1S/C16H17N7O4/c1-10-11(2)22(9-21-10)14-7-13(19-8-20-14)17-5-6-18-16(24)12-3-4-15(27-12)23(25)26/h3-4,7-9H,5-6H2,1-2H3,(H,18,24)(H,17,19,20). The predicted octanol–water partition coefficient (Wildman–Crippen LogP) is 1.62. The monoisotopic (exact) mass is 371 g/mol. The van der Waals surface area contributed by atoms with Gasteiger partial charge in [-0.25, -0.2) is 15.0 Å². The van der Waals surface area contributed by atoms with Gasteiger partial charge in [0.1, 0.15) is 29.2 Å². The molecule has 0 unspecified atom stereocenters. The Morgan fingerprint density at radius 3 is 2.74 bits per heavy atom. The van der Waals surface area contributed by atoms with Crippen LogP contribution in [0.3, 0.4) is 0 Å². The van der Waals surface area contributed by atoms with Crippen molar-refractivity contribution < 1.29 is 14.1 Å². The zero-order valence-corrected chi connectivity index (χ0v) is 14.7. The van der Waals surface area contributed by atoms with Crippen LogP contribution in [0.2, 0.25) is 0 Å². The number of imidazole rings is 1. The normalized spacial score (nSPS) is 10.6. The zero-order chi connectivity index (χ0) is 19.4. The van der Waals surface area contributed by atoms with Gasteiger partial charge in [-0.2, -0.15) is 0 Å². The molecule has 2 N–H and O–H groups in total. The molecule has 0 aromatic carbocycles. The Labute approximate surface area is 153 Å². The molecule has 0 aliphatic heterocycles. The zero-order valence-electron chi connectivity index (χ0n) is 14.7. The number of carbonyl (C=O) groups excluding carboxylic acids is 1. The van der Waals surface area contributed by atoms with Crippen LogP contribution in [0.5, 0.6) is 0 Å². The number of anilines is 1. The van der Waals surface area contributed by atoms with Gasteiger partial charge in [0.05, 0.1) is 11.8 Å². The summed E-state index contributed by atoms with van der Waals surface area (Å²) in [4.78, 5) is 34.3. The van der Waals surface area contributed by atoms with E-state index in [4.69, 9.17) is 4.42 Å². The van der Waals surface area contributed by atoms with Gasteiger partial charge in [0.15, 0.2) is 5.76 Å². The summed E-state index contributed by atoms with van der Waals surface area (Å²) in [5.41, 5.74) is 1.91. The lowest BCUT2D eigenvalue weighted by Gasteiger charge is -2.09. The highest BCUT2D eigenvalue weighted by atomic mass is 16.6. The molecule has 0 saturated carbocycles. The first-order chi connectivity index (χ1) is 13.0. The van der Waals surface area contributed by atoms with E-state index in [-0.39, 0.29) is 12.3 Å². The summed E-state index contributed by atoms with van der Waals surface area (Å²) < 4.78 is 6.69. The molecular weight excluding hydrogens is 354 g/mol. The smallest absolute Gasteiger partial charge is 0.395 e. The maximum absolute atomic E-state index is 11.9. The van der Waals surface area contributed by atoms with Crippen LogP contribution in [0.15, 0.2) is 35.3 Å². The molecule has 0 fully saturated rings. The molecule has 0 atom stereocenters. The minimum atomic E-state index is -0.700. The average Bonchev–Trinajstić information content (AvgIpc) is 3.27. The van der Waals surface area contributed by atoms with Crippen molar-refractivity contribution >= 4 is 17.6 Å². The number of hydrogen-bond donors (Lipinski definition) is 2. The van der Waals surface area contributed by atoms with Gasteiger partial charge >= 0.3 is 5.88 Å². The van der Waals surface area contributed by atoms with Gasteiger partial charge in [-0.15, -0.1) is 0 Å². The summed E-state index contributed by atoms with van der Waals surface area (Å²) in [7, 11) is 0. The number of aryl methyl sites for hydroxylation is 1. The van der Waals surface area contributed by atoms with Gasteiger partial charge in [0, 0.05) is 24.8 Å². The van der Waals surface area contributed by atoms with Crippen molar-refractivity contribution in [1.29, 1.82) is 0 Å². The molecule has 0 bridgehead atoms. The van der Waals surface area contributed by atoms with Crippen molar-refractivity contribution in [3.63, 3.8) is 0 Å². The van der Waals surface area contributed by atoms with E-state index in [1.54, 1.807) is 12.4 Å². The highest BCUT2D eigenvalue weighted by molar-refractivity contribution is 5.91.